The highest BCUT2D eigenvalue weighted by Crippen LogP contribution is 2.31. The van der Waals surface area contributed by atoms with Gasteiger partial charge < -0.3 is 15.1 Å². The lowest BCUT2D eigenvalue weighted by molar-refractivity contribution is -0.127. The molecule has 1 saturated heterocycles. The van der Waals surface area contributed by atoms with Crippen LogP contribution in [-0.4, -0.2) is 35.0 Å². The number of benzene rings is 1. The minimum atomic E-state index is 0.0955. The molecule has 0 aromatic heterocycles. The number of rotatable bonds is 2. The first-order chi connectivity index (χ1) is 11.7. The maximum absolute atomic E-state index is 12.7. The highest BCUT2D eigenvalue weighted by Gasteiger charge is 2.30. The summed E-state index contributed by atoms with van der Waals surface area (Å²) in [6.45, 7) is 3.87. The molecule has 1 aromatic carbocycles. The van der Waals surface area contributed by atoms with Crippen molar-refractivity contribution in [1.29, 1.82) is 0 Å². The van der Waals surface area contributed by atoms with Crippen molar-refractivity contribution in [2.75, 3.05) is 13.1 Å². The van der Waals surface area contributed by atoms with Crippen LogP contribution in [0.15, 0.2) is 60.0 Å². The number of allylic oxidation sites excluding steroid dienone is 1. The highest BCUT2D eigenvalue weighted by molar-refractivity contribution is 5.96. The standard InChI is InChI=1S/C20H23N3O/c1-15-19(16-8-4-2-5-9-16)21-18-11-10-17(14-23(15)18)20(24)22-12-6-3-7-13-22/h2,4-5,8-11,14,18,21H,3,6-7,12-13H2,1H3. The molecule has 1 fully saturated rings. The van der Waals surface area contributed by atoms with Gasteiger partial charge in [0.05, 0.1) is 11.3 Å². The molecule has 4 heteroatoms. The Balaban J connectivity index is 1.59. The van der Waals surface area contributed by atoms with Gasteiger partial charge in [-0.15, -0.1) is 0 Å². The number of hydrogen-bond donors (Lipinski definition) is 1. The molecular weight excluding hydrogens is 298 g/mol. The van der Waals surface area contributed by atoms with Gasteiger partial charge in [0.25, 0.3) is 5.91 Å². The summed E-state index contributed by atoms with van der Waals surface area (Å²) in [7, 11) is 0. The lowest BCUT2D eigenvalue weighted by Crippen LogP contribution is -2.39. The van der Waals surface area contributed by atoms with E-state index >= 15 is 0 Å². The monoisotopic (exact) mass is 321 g/mol. The lowest BCUT2D eigenvalue weighted by Gasteiger charge is -2.30. The lowest BCUT2D eigenvalue weighted by atomic mass is 10.1. The Morgan fingerprint density at radius 3 is 2.62 bits per heavy atom. The van der Waals surface area contributed by atoms with Gasteiger partial charge in [0.15, 0.2) is 0 Å². The Kier molecular flexibility index (Phi) is 3.89. The van der Waals surface area contributed by atoms with Gasteiger partial charge in [0, 0.05) is 25.0 Å². The van der Waals surface area contributed by atoms with Crippen molar-refractivity contribution in [2.45, 2.75) is 32.4 Å². The largest absolute Gasteiger partial charge is 0.360 e. The second kappa shape index (κ2) is 6.19. The van der Waals surface area contributed by atoms with Crippen LogP contribution in [0.1, 0.15) is 31.7 Å². The molecule has 0 saturated carbocycles. The second-order valence-corrected chi connectivity index (χ2v) is 6.62. The van der Waals surface area contributed by atoms with Crippen molar-refractivity contribution in [2.24, 2.45) is 0 Å². The summed E-state index contributed by atoms with van der Waals surface area (Å²) < 4.78 is 0. The van der Waals surface area contributed by atoms with Crippen molar-refractivity contribution in [3.05, 3.63) is 65.5 Å². The maximum atomic E-state index is 12.7. The molecule has 0 aliphatic carbocycles. The van der Waals surface area contributed by atoms with E-state index in [1.165, 1.54) is 12.0 Å². The van der Waals surface area contributed by atoms with Crippen LogP contribution < -0.4 is 5.32 Å². The van der Waals surface area contributed by atoms with Gasteiger partial charge in [-0.05, 0) is 43.9 Å². The molecule has 1 atom stereocenters. The van der Waals surface area contributed by atoms with E-state index in [-0.39, 0.29) is 12.1 Å². The van der Waals surface area contributed by atoms with E-state index in [1.54, 1.807) is 0 Å². The van der Waals surface area contributed by atoms with E-state index in [4.69, 9.17) is 0 Å². The van der Waals surface area contributed by atoms with Crippen molar-refractivity contribution in [3.63, 3.8) is 0 Å². The Bertz CT molecular complexity index is 727. The molecular formula is C20H23N3O. The van der Waals surface area contributed by atoms with Crippen LogP contribution in [0.4, 0.5) is 0 Å². The number of nitrogens with one attached hydrogen (secondary N) is 1. The molecule has 0 spiro atoms. The Morgan fingerprint density at radius 1 is 1.12 bits per heavy atom. The second-order valence-electron chi connectivity index (χ2n) is 6.62. The van der Waals surface area contributed by atoms with E-state index in [0.29, 0.717) is 0 Å². The summed E-state index contributed by atoms with van der Waals surface area (Å²) in [5, 5.41) is 3.55. The van der Waals surface area contributed by atoms with Gasteiger partial charge in [-0.1, -0.05) is 30.3 Å². The molecule has 3 heterocycles. The van der Waals surface area contributed by atoms with Crippen LogP contribution in [0.2, 0.25) is 0 Å². The molecule has 0 radical (unpaired) electrons. The topological polar surface area (TPSA) is 35.6 Å². The number of fused-ring (bicyclic) bond motifs is 1. The highest BCUT2D eigenvalue weighted by atomic mass is 16.2. The van der Waals surface area contributed by atoms with Crippen LogP contribution in [0.5, 0.6) is 0 Å². The Morgan fingerprint density at radius 2 is 1.88 bits per heavy atom. The van der Waals surface area contributed by atoms with Crippen LogP contribution in [0, 0.1) is 0 Å². The normalized spacial score (nSPS) is 23.0. The minimum absolute atomic E-state index is 0.0955. The Labute approximate surface area is 143 Å². The number of piperidine rings is 1. The summed E-state index contributed by atoms with van der Waals surface area (Å²) in [5.41, 5.74) is 4.24. The first-order valence-electron chi connectivity index (χ1n) is 8.74. The molecule has 3 aliphatic rings. The first kappa shape index (κ1) is 15.1. The van der Waals surface area contributed by atoms with Crippen molar-refractivity contribution >= 4 is 11.6 Å². The van der Waals surface area contributed by atoms with Gasteiger partial charge in [0.1, 0.15) is 6.17 Å². The van der Waals surface area contributed by atoms with E-state index in [9.17, 15) is 4.79 Å². The zero-order valence-corrected chi connectivity index (χ0v) is 14.0. The van der Waals surface area contributed by atoms with Crippen LogP contribution >= 0.6 is 0 Å². The summed E-state index contributed by atoms with van der Waals surface area (Å²) in [5.74, 6) is 0.158. The first-order valence-corrected chi connectivity index (χ1v) is 8.74. The zero-order chi connectivity index (χ0) is 16.5. The molecule has 4 nitrogen and oxygen atoms in total. The third-order valence-electron chi connectivity index (χ3n) is 5.03. The van der Waals surface area contributed by atoms with Crippen LogP contribution in [0.25, 0.3) is 5.70 Å². The number of nitrogens with zero attached hydrogens (tertiary/aromatic N) is 2. The van der Waals surface area contributed by atoms with E-state index < -0.39 is 0 Å². The average molecular weight is 321 g/mol. The molecule has 3 aliphatic heterocycles. The maximum Gasteiger partial charge on any atom is 0.255 e. The predicted molar refractivity (Wildman–Crippen MR) is 95.5 cm³/mol. The van der Waals surface area contributed by atoms with E-state index in [2.05, 4.69) is 35.3 Å². The molecule has 0 bridgehead atoms. The van der Waals surface area contributed by atoms with Gasteiger partial charge in [-0.3, -0.25) is 4.79 Å². The molecule has 124 valence electrons. The average Bonchev–Trinajstić information content (AvgIpc) is 2.99. The van der Waals surface area contributed by atoms with Gasteiger partial charge in [-0.25, -0.2) is 0 Å². The van der Waals surface area contributed by atoms with Crippen molar-refractivity contribution in [3.8, 4) is 0 Å². The van der Waals surface area contributed by atoms with Crippen LogP contribution in [-0.2, 0) is 4.79 Å². The molecule has 24 heavy (non-hydrogen) atoms. The molecule has 1 aromatic rings. The third-order valence-corrected chi connectivity index (χ3v) is 5.03. The number of likely N-dealkylation sites (tertiary alicyclic amines) is 1. The summed E-state index contributed by atoms with van der Waals surface area (Å²) in [4.78, 5) is 16.9. The quantitative estimate of drug-likeness (QED) is 0.909. The molecule has 1 unspecified atom stereocenters. The summed E-state index contributed by atoms with van der Waals surface area (Å²) >= 11 is 0. The Hall–Kier alpha value is -2.49. The smallest absolute Gasteiger partial charge is 0.255 e. The molecule has 1 amide bonds. The number of amides is 1. The van der Waals surface area contributed by atoms with Crippen molar-refractivity contribution < 1.29 is 4.79 Å². The third kappa shape index (κ3) is 2.62. The van der Waals surface area contributed by atoms with Crippen molar-refractivity contribution in [1.82, 2.24) is 15.1 Å². The SMILES string of the molecule is CC1=C(c2ccccc2)NC2C=CC(C(=O)N3CCCCC3)=CN12. The summed E-state index contributed by atoms with van der Waals surface area (Å²) in [6.07, 6.45) is 9.61. The minimum Gasteiger partial charge on any atom is -0.360 e. The molecule has 4 rings (SSSR count). The van der Waals surface area contributed by atoms with Gasteiger partial charge >= 0.3 is 0 Å². The van der Waals surface area contributed by atoms with Crippen LogP contribution in [0.3, 0.4) is 0 Å². The number of hydrogen-bond acceptors (Lipinski definition) is 3. The fraction of sp³-hybridized carbons (Fsp3) is 0.350. The molecule has 1 N–H and O–H groups in total. The number of carbonyl (C=O) groups is 1. The van der Waals surface area contributed by atoms with Gasteiger partial charge in [0.2, 0.25) is 0 Å². The van der Waals surface area contributed by atoms with Gasteiger partial charge in [-0.2, -0.15) is 0 Å². The fourth-order valence-corrected chi connectivity index (χ4v) is 3.67. The fourth-order valence-electron chi connectivity index (χ4n) is 3.67. The van der Waals surface area contributed by atoms with E-state index in [1.807, 2.05) is 35.4 Å². The summed E-state index contributed by atoms with van der Waals surface area (Å²) in [6, 6.07) is 10.3. The number of carbonyl (C=O) groups excluding carboxylic acids is 1. The zero-order valence-electron chi connectivity index (χ0n) is 14.0. The van der Waals surface area contributed by atoms with E-state index in [0.717, 1.165) is 42.9 Å². The predicted octanol–water partition coefficient (Wildman–Crippen LogP) is 3.07.